The van der Waals surface area contributed by atoms with E-state index in [0.717, 1.165) is 5.69 Å². The highest BCUT2D eigenvalue weighted by molar-refractivity contribution is 5.68. The first-order chi connectivity index (χ1) is 8.61. The van der Waals surface area contributed by atoms with Crippen molar-refractivity contribution >= 4 is 0 Å². The average molecular weight is 249 g/mol. The lowest BCUT2D eigenvalue weighted by Crippen LogP contribution is -2.17. The van der Waals surface area contributed by atoms with Crippen LogP contribution in [0.2, 0.25) is 0 Å². The van der Waals surface area contributed by atoms with Gasteiger partial charge in [-0.15, -0.1) is 0 Å². The molecular weight excluding hydrogens is 233 g/mol. The largest absolute Gasteiger partial charge is 0.496 e. The number of halogens is 1. The van der Waals surface area contributed by atoms with Crippen molar-refractivity contribution in [3.05, 3.63) is 35.8 Å². The van der Waals surface area contributed by atoms with Crippen LogP contribution in [0.5, 0.6) is 5.75 Å². The van der Waals surface area contributed by atoms with Crippen molar-refractivity contribution in [2.24, 2.45) is 5.73 Å². The molecule has 0 aliphatic rings. The highest BCUT2D eigenvalue weighted by Crippen LogP contribution is 2.31. The Balaban J connectivity index is 2.39. The number of benzene rings is 1. The van der Waals surface area contributed by atoms with Crippen molar-refractivity contribution in [1.29, 1.82) is 0 Å². The molecule has 1 unspecified atom stereocenters. The molecule has 0 fully saturated rings. The maximum Gasteiger partial charge on any atom is 0.136 e. The van der Waals surface area contributed by atoms with E-state index in [1.54, 1.807) is 18.2 Å². The highest BCUT2D eigenvalue weighted by Gasteiger charge is 2.14. The Morgan fingerprint density at radius 1 is 1.50 bits per heavy atom. The number of hydrogen-bond donors (Lipinski definition) is 2. The van der Waals surface area contributed by atoms with Crippen LogP contribution >= 0.6 is 0 Å². The first kappa shape index (κ1) is 12.6. The Hall–Kier alpha value is -1.88. The number of nitrogens with one attached hydrogen (secondary N) is 1. The summed E-state index contributed by atoms with van der Waals surface area (Å²) < 4.78 is 19.0. The van der Waals surface area contributed by atoms with Crippen LogP contribution in [-0.2, 0) is 6.42 Å². The Kier molecular flexibility index (Phi) is 3.62. The summed E-state index contributed by atoms with van der Waals surface area (Å²) in [4.78, 5) is 0. The van der Waals surface area contributed by atoms with Crippen LogP contribution in [-0.4, -0.2) is 23.3 Å². The van der Waals surface area contributed by atoms with Gasteiger partial charge in [0.05, 0.1) is 18.4 Å². The fraction of sp³-hybridized carbons (Fsp3) is 0.308. The maximum absolute atomic E-state index is 13.8. The average Bonchev–Trinajstić information content (AvgIpc) is 2.75. The van der Waals surface area contributed by atoms with Crippen LogP contribution < -0.4 is 10.5 Å². The molecule has 0 aliphatic heterocycles. The van der Waals surface area contributed by atoms with Crippen LogP contribution in [0, 0.1) is 5.82 Å². The molecule has 0 spiro atoms. The second-order valence-electron chi connectivity index (χ2n) is 4.28. The molecule has 0 saturated heterocycles. The predicted octanol–water partition coefficient (Wildman–Crippen LogP) is 2.11. The molecule has 0 radical (unpaired) electrons. The van der Waals surface area contributed by atoms with Gasteiger partial charge in [0.25, 0.3) is 0 Å². The van der Waals surface area contributed by atoms with E-state index in [4.69, 9.17) is 10.5 Å². The Bertz CT molecular complexity index is 537. The summed E-state index contributed by atoms with van der Waals surface area (Å²) in [6.07, 6.45) is 0.670. The topological polar surface area (TPSA) is 63.9 Å². The zero-order valence-electron chi connectivity index (χ0n) is 10.4. The Morgan fingerprint density at radius 3 is 2.94 bits per heavy atom. The molecule has 3 N–H and O–H groups in total. The molecule has 96 valence electrons. The molecular formula is C13H16FN3O. The molecule has 0 amide bonds. The molecule has 5 heteroatoms. The van der Waals surface area contributed by atoms with Crippen LogP contribution in [0.4, 0.5) is 4.39 Å². The van der Waals surface area contributed by atoms with E-state index < -0.39 is 0 Å². The number of H-pyrrole nitrogens is 1. The van der Waals surface area contributed by atoms with Crippen molar-refractivity contribution in [3.8, 4) is 17.0 Å². The SMILES string of the molecule is COc1cccc(F)c1-c1cc(CC(C)N)[nH]n1. The fourth-order valence-corrected chi connectivity index (χ4v) is 1.86. The second kappa shape index (κ2) is 5.18. The number of ether oxygens (including phenoxy) is 1. The van der Waals surface area contributed by atoms with Gasteiger partial charge in [0.1, 0.15) is 11.6 Å². The number of aromatic amines is 1. The van der Waals surface area contributed by atoms with Crippen LogP contribution in [0.25, 0.3) is 11.3 Å². The second-order valence-corrected chi connectivity index (χ2v) is 4.28. The van der Waals surface area contributed by atoms with Gasteiger partial charge in [-0.05, 0) is 25.1 Å². The molecule has 18 heavy (non-hydrogen) atoms. The molecule has 2 rings (SSSR count). The molecule has 4 nitrogen and oxygen atoms in total. The molecule has 0 aliphatic carbocycles. The summed E-state index contributed by atoms with van der Waals surface area (Å²) in [7, 11) is 1.51. The molecule has 1 heterocycles. The third-order valence-electron chi connectivity index (χ3n) is 2.62. The van der Waals surface area contributed by atoms with Crippen molar-refractivity contribution in [3.63, 3.8) is 0 Å². The Labute approximate surface area is 105 Å². The van der Waals surface area contributed by atoms with Crippen molar-refractivity contribution in [1.82, 2.24) is 10.2 Å². The fourth-order valence-electron chi connectivity index (χ4n) is 1.86. The highest BCUT2D eigenvalue weighted by atomic mass is 19.1. The van der Waals surface area contributed by atoms with Gasteiger partial charge in [-0.25, -0.2) is 4.39 Å². The molecule has 0 saturated carbocycles. The maximum atomic E-state index is 13.8. The number of hydrogen-bond acceptors (Lipinski definition) is 3. The first-order valence-electron chi connectivity index (χ1n) is 5.74. The van der Waals surface area contributed by atoms with Gasteiger partial charge >= 0.3 is 0 Å². The number of rotatable bonds is 4. The van der Waals surface area contributed by atoms with Crippen LogP contribution in [0.1, 0.15) is 12.6 Å². The number of aromatic nitrogens is 2. The third kappa shape index (κ3) is 2.51. The first-order valence-corrected chi connectivity index (χ1v) is 5.74. The summed E-state index contributed by atoms with van der Waals surface area (Å²) in [5.41, 5.74) is 7.49. The summed E-state index contributed by atoms with van der Waals surface area (Å²) >= 11 is 0. The third-order valence-corrected chi connectivity index (χ3v) is 2.62. The van der Waals surface area contributed by atoms with E-state index >= 15 is 0 Å². The lowest BCUT2D eigenvalue weighted by Gasteiger charge is -2.06. The van der Waals surface area contributed by atoms with Gasteiger partial charge in [0.2, 0.25) is 0 Å². The lowest BCUT2D eigenvalue weighted by atomic mass is 10.1. The van der Waals surface area contributed by atoms with Gasteiger partial charge in [-0.2, -0.15) is 5.10 Å². The van der Waals surface area contributed by atoms with Crippen LogP contribution in [0.3, 0.4) is 0 Å². The predicted molar refractivity (Wildman–Crippen MR) is 67.9 cm³/mol. The molecule has 1 aromatic heterocycles. The van der Waals surface area contributed by atoms with Gasteiger partial charge in [-0.1, -0.05) is 6.07 Å². The number of nitrogens with zero attached hydrogens (tertiary/aromatic N) is 1. The molecule has 1 aromatic carbocycles. The normalized spacial score (nSPS) is 12.4. The van der Waals surface area contributed by atoms with Crippen molar-refractivity contribution in [2.75, 3.05) is 7.11 Å². The summed E-state index contributed by atoms with van der Waals surface area (Å²) in [6.45, 7) is 1.91. The van der Waals surface area contributed by atoms with E-state index in [2.05, 4.69) is 10.2 Å². The standard InChI is InChI=1S/C13H16FN3O/c1-8(15)6-9-7-11(17-16-9)13-10(14)4-3-5-12(13)18-2/h3-5,7-8H,6,15H2,1-2H3,(H,16,17). The zero-order chi connectivity index (χ0) is 13.1. The van der Waals surface area contributed by atoms with E-state index in [-0.39, 0.29) is 11.9 Å². The van der Waals surface area contributed by atoms with Crippen molar-refractivity contribution < 1.29 is 9.13 Å². The van der Waals surface area contributed by atoms with Crippen LogP contribution in [0.15, 0.2) is 24.3 Å². The number of methoxy groups -OCH3 is 1. The van der Waals surface area contributed by atoms with E-state index in [1.165, 1.54) is 13.2 Å². The molecule has 1 atom stereocenters. The quantitative estimate of drug-likeness (QED) is 0.872. The summed E-state index contributed by atoms with van der Waals surface area (Å²) in [5, 5.41) is 6.97. The van der Waals surface area contributed by atoms with E-state index in [1.807, 2.05) is 6.92 Å². The lowest BCUT2D eigenvalue weighted by molar-refractivity contribution is 0.413. The smallest absolute Gasteiger partial charge is 0.136 e. The van der Waals surface area contributed by atoms with Crippen molar-refractivity contribution in [2.45, 2.75) is 19.4 Å². The summed E-state index contributed by atoms with van der Waals surface area (Å²) in [5.74, 6) is 0.113. The zero-order valence-corrected chi connectivity index (χ0v) is 10.4. The van der Waals surface area contributed by atoms with E-state index in [0.29, 0.717) is 23.4 Å². The minimum absolute atomic E-state index is 0.0285. The summed E-state index contributed by atoms with van der Waals surface area (Å²) in [6, 6.07) is 6.52. The minimum Gasteiger partial charge on any atom is -0.496 e. The van der Waals surface area contributed by atoms with Gasteiger partial charge in [0, 0.05) is 18.2 Å². The minimum atomic E-state index is -0.354. The van der Waals surface area contributed by atoms with Gasteiger partial charge < -0.3 is 10.5 Å². The molecule has 0 bridgehead atoms. The molecule has 2 aromatic rings. The monoisotopic (exact) mass is 249 g/mol. The Morgan fingerprint density at radius 2 is 2.28 bits per heavy atom. The van der Waals surface area contributed by atoms with Gasteiger partial charge in [0.15, 0.2) is 0 Å². The van der Waals surface area contributed by atoms with E-state index in [9.17, 15) is 4.39 Å². The number of nitrogens with two attached hydrogens (primary N) is 1. The van der Waals surface area contributed by atoms with Gasteiger partial charge in [-0.3, -0.25) is 5.10 Å².